The van der Waals surface area contributed by atoms with E-state index in [1.165, 1.54) is 17.0 Å². The number of morpholine rings is 1. The van der Waals surface area contributed by atoms with Gasteiger partial charge in [-0.3, -0.25) is 0 Å². The summed E-state index contributed by atoms with van der Waals surface area (Å²) in [5.41, 5.74) is 2.04. The second-order valence-corrected chi connectivity index (χ2v) is 8.09. The first-order valence-electron chi connectivity index (χ1n) is 9.33. The highest BCUT2D eigenvalue weighted by Gasteiger charge is 2.28. The van der Waals surface area contributed by atoms with Gasteiger partial charge in [-0.25, -0.2) is 14.4 Å². The van der Waals surface area contributed by atoms with Crippen molar-refractivity contribution in [2.75, 3.05) is 19.6 Å². The van der Waals surface area contributed by atoms with Crippen LogP contribution in [0, 0.1) is 19.7 Å². The highest BCUT2D eigenvalue weighted by Crippen LogP contribution is 2.26. The van der Waals surface area contributed by atoms with Crippen LogP contribution in [0.5, 0.6) is 0 Å². The van der Waals surface area contributed by atoms with Crippen LogP contribution in [0.3, 0.4) is 0 Å². The van der Waals surface area contributed by atoms with Gasteiger partial charge < -0.3 is 15.0 Å². The first-order valence-corrected chi connectivity index (χ1v) is 10.1. The summed E-state index contributed by atoms with van der Waals surface area (Å²) in [5.74, 6) is 0.648. The van der Waals surface area contributed by atoms with Crippen molar-refractivity contribution < 1.29 is 9.13 Å². The van der Waals surface area contributed by atoms with Gasteiger partial charge in [-0.1, -0.05) is 12.1 Å². The van der Waals surface area contributed by atoms with Gasteiger partial charge in [0.25, 0.3) is 0 Å². The number of nitrogens with one attached hydrogen (secondary N) is 1. The molecular formula is C20H27FN4OS. The maximum atomic E-state index is 13.2. The maximum Gasteiger partial charge on any atom is 0.194 e. The molecule has 1 saturated heterocycles. The monoisotopic (exact) mass is 390 g/mol. The minimum atomic E-state index is -0.232. The molecule has 27 heavy (non-hydrogen) atoms. The fourth-order valence-corrected chi connectivity index (χ4v) is 4.14. The Kier molecular flexibility index (Phi) is 6.44. The molecule has 146 valence electrons. The Morgan fingerprint density at radius 3 is 2.70 bits per heavy atom. The topological polar surface area (TPSA) is 49.8 Å². The summed E-state index contributed by atoms with van der Waals surface area (Å²) in [6.07, 6.45) is -0.0457. The lowest BCUT2D eigenvalue weighted by Gasteiger charge is -2.38. The summed E-state index contributed by atoms with van der Waals surface area (Å²) in [6, 6.07) is 6.56. The van der Waals surface area contributed by atoms with Crippen molar-refractivity contribution in [3.63, 3.8) is 0 Å². The van der Waals surface area contributed by atoms with Crippen LogP contribution in [0.1, 0.15) is 41.1 Å². The average molecular weight is 391 g/mol. The van der Waals surface area contributed by atoms with E-state index in [2.05, 4.69) is 29.0 Å². The van der Waals surface area contributed by atoms with Gasteiger partial charge in [0.15, 0.2) is 5.96 Å². The first kappa shape index (κ1) is 19.8. The molecule has 7 heteroatoms. The predicted octanol–water partition coefficient (Wildman–Crippen LogP) is 3.83. The van der Waals surface area contributed by atoms with E-state index < -0.39 is 0 Å². The van der Waals surface area contributed by atoms with Crippen LogP contribution in [0.25, 0.3) is 0 Å². The normalized spacial score (nSPS) is 20.8. The van der Waals surface area contributed by atoms with Gasteiger partial charge >= 0.3 is 0 Å². The van der Waals surface area contributed by atoms with Gasteiger partial charge in [-0.2, -0.15) is 0 Å². The number of benzene rings is 1. The maximum absolute atomic E-state index is 13.2. The smallest absolute Gasteiger partial charge is 0.194 e. The fourth-order valence-electron chi connectivity index (χ4n) is 3.28. The van der Waals surface area contributed by atoms with Gasteiger partial charge in [0, 0.05) is 18.0 Å². The van der Waals surface area contributed by atoms with Crippen molar-refractivity contribution >= 4 is 17.3 Å². The average Bonchev–Trinajstić information content (AvgIpc) is 2.96. The zero-order valence-corrected chi connectivity index (χ0v) is 17.1. The summed E-state index contributed by atoms with van der Waals surface area (Å²) in [6.45, 7) is 11.0. The Morgan fingerprint density at radius 2 is 2.07 bits per heavy atom. The van der Waals surface area contributed by atoms with E-state index in [9.17, 15) is 4.39 Å². The standard InChI is InChI=1S/C20H27FN4OS/c1-5-22-20(23-10-19-14(3)24-15(4)27-19)25-11-13(2)26-18(12-25)16-6-8-17(21)9-7-16/h6-9,13,18H,5,10-12H2,1-4H3,(H,22,23). The summed E-state index contributed by atoms with van der Waals surface area (Å²) in [5, 5.41) is 4.46. The van der Waals surface area contributed by atoms with Crippen LogP contribution >= 0.6 is 11.3 Å². The quantitative estimate of drug-likeness (QED) is 0.637. The number of aliphatic imine (C=N–C) groups is 1. The number of halogens is 1. The van der Waals surface area contributed by atoms with Crippen LogP contribution in [0.2, 0.25) is 0 Å². The van der Waals surface area contributed by atoms with E-state index in [-0.39, 0.29) is 18.0 Å². The zero-order chi connectivity index (χ0) is 19.4. The van der Waals surface area contributed by atoms with Gasteiger partial charge in [0.2, 0.25) is 0 Å². The number of aryl methyl sites for hydroxylation is 2. The van der Waals surface area contributed by atoms with Crippen LogP contribution < -0.4 is 5.32 Å². The highest BCUT2D eigenvalue weighted by molar-refractivity contribution is 7.11. The minimum Gasteiger partial charge on any atom is -0.367 e. The third-order valence-corrected chi connectivity index (χ3v) is 5.57. The zero-order valence-electron chi connectivity index (χ0n) is 16.3. The van der Waals surface area contributed by atoms with E-state index >= 15 is 0 Å². The summed E-state index contributed by atoms with van der Waals surface area (Å²) in [7, 11) is 0. The van der Waals surface area contributed by atoms with Crippen LogP contribution in [-0.2, 0) is 11.3 Å². The molecule has 2 heterocycles. The summed E-state index contributed by atoms with van der Waals surface area (Å²) in [4.78, 5) is 12.8. The number of ether oxygens (including phenoxy) is 1. The second kappa shape index (κ2) is 8.80. The van der Waals surface area contributed by atoms with E-state index in [1.54, 1.807) is 23.5 Å². The molecule has 2 atom stereocenters. The molecule has 1 fully saturated rings. The molecule has 0 amide bonds. The highest BCUT2D eigenvalue weighted by atomic mass is 32.1. The van der Waals surface area contributed by atoms with Gasteiger partial charge in [-0.15, -0.1) is 11.3 Å². The van der Waals surface area contributed by atoms with Gasteiger partial charge in [0.1, 0.15) is 11.9 Å². The number of rotatable bonds is 4. The summed E-state index contributed by atoms with van der Waals surface area (Å²) < 4.78 is 19.3. The van der Waals surface area contributed by atoms with Crippen LogP contribution in [0.4, 0.5) is 4.39 Å². The lowest BCUT2D eigenvalue weighted by Crippen LogP contribution is -2.50. The molecule has 1 aliphatic heterocycles. The van der Waals surface area contributed by atoms with E-state index in [4.69, 9.17) is 9.73 Å². The molecule has 1 aliphatic rings. The van der Waals surface area contributed by atoms with Crippen LogP contribution in [0.15, 0.2) is 29.3 Å². The molecule has 0 saturated carbocycles. The van der Waals surface area contributed by atoms with E-state index in [0.29, 0.717) is 13.1 Å². The SMILES string of the molecule is CCNC(=NCc1sc(C)nc1C)N1CC(C)OC(c2ccc(F)cc2)C1. The Morgan fingerprint density at radius 1 is 1.33 bits per heavy atom. The third-order valence-electron chi connectivity index (χ3n) is 4.51. The lowest BCUT2D eigenvalue weighted by atomic mass is 10.1. The van der Waals surface area contributed by atoms with Crippen molar-refractivity contribution in [2.45, 2.75) is 46.4 Å². The molecule has 2 aromatic rings. The van der Waals surface area contributed by atoms with Crippen molar-refractivity contribution in [2.24, 2.45) is 4.99 Å². The molecule has 1 N–H and O–H groups in total. The number of aromatic nitrogens is 1. The second-order valence-electron chi connectivity index (χ2n) is 6.80. The number of guanidine groups is 1. The predicted molar refractivity (Wildman–Crippen MR) is 108 cm³/mol. The molecule has 0 bridgehead atoms. The number of hydrogen-bond donors (Lipinski definition) is 1. The van der Waals surface area contributed by atoms with Crippen molar-refractivity contribution in [3.8, 4) is 0 Å². The Bertz CT molecular complexity index is 790. The van der Waals surface area contributed by atoms with Crippen molar-refractivity contribution in [3.05, 3.63) is 51.2 Å². The Balaban J connectivity index is 1.77. The van der Waals surface area contributed by atoms with Crippen molar-refractivity contribution in [1.82, 2.24) is 15.2 Å². The number of hydrogen-bond acceptors (Lipinski definition) is 4. The Labute approximate surface area is 164 Å². The molecule has 0 radical (unpaired) electrons. The molecule has 3 rings (SSSR count). The first-order chi connectivity index (χ1) is 13.0. The third kappa shape index (κ3) is 5.05. The van der Waals surface area contributed by atoms with Gasteiger partial charge in [-0.05, 0) is 45.4 Å². The van der Waals surface area contributed by atoms with Crippen molar-refractivity contribution in [1.29, 1.82) is 0 Å². The Hall–Kier alpha value is -1.99. The molecule has 1 aromatic heterocycles. The van der Waals surface area contributed by atoms with Gasteiger partial charge in [0.05, 0.1) is 29.9 Å². The minimum absolute atomic E-state index is 0.0602. The lowest BCUT2D eigenvalue weighted by molar-refractivity contribution is -0.0605. The largest absolute Gasteiger partial charge is 0.367 e. The molecular weight excluding hydrogens is 363 g/mol. The van der Waals surface area contributed by atoms with Crippen LogP contribution in [-0.4, -0.2) is 41.6 Å². The number of thiazole rings is 1. The molecule has 2 unspecified atom stereocenters. The molecule has 0 spiro atoms. The molecule has 0 aliphatic carbocycles. The fraction of sp³-hybridized carbons (Fsp3) is 0.500. The molecule has 5 nitrogen and oxygen atoms in total. The van der Waals surface area contributed by atoms with E-state index in [1.807, 2.05) is 13.8 Å². The summed E-state index contributed by atoms with van der Waals surface area (Å²) >= 11 is 1.70. The van der Waals surface area contributed by atoms with E-state index in [0.717, 1.165) is 35.3 Å². The number of nitrogens with zero attached hydrogens (tertiary/aromatic N) is 3. The molecule has 1 aromatic carbocycles.